The molecule has 102 valence electrons. The van der Waals surface area contributed by atoms with Gasteiger partial charge in [-0.25, -0.2) is 4.39 Å². The largest absolute Gasteiger partial charge is 0.369 e. The maximum absolute atomic E-state index is 13.6. The predicted molar refractivity (Wildman–Crippen MR) is 74.7 cm³/mol. The van der Waals surface area contributed by atoms with E-state index in [1.807, 2.05) is 12.1 Å². The molecule has 0 bridgehead atoms. The van der Waals surface area contributed by atoms with Gasteiger partial charge in [0.1, 0.15) is 17.4 Å². The van der Waals surface area contributed by atoms with Gasteiger partial charge in [-0.1, -0.05) is 19.9 Å². The lowest BCUT2D eigenvalue weighted by Gasteiger charge is -2.27. The summed E-state index contributed by atoms with van der Waals surface area (Å²) in [5.74, 6) is -0.425. The van der Waals surface area contributed by atoms with Gasteiger partial charge in [0.2, 0.25) is 0 Å². The number of hydrogen-bond acceptors (Lipinski definition) is 3. The van der Waals surface area contributed by atoms with Crippen LogP contribution < -0.4 is 4.90 Å². The standard InChI is InChI=1S/C15H20FN3/c1-3-18(4-2)12-8-9-19(11-12)15-7-5-6-14(16)13(15)10-17/h5-7,12H,3-4,8-9,11H2,1-2H3. The first kappa shape index (κ1) is 13.8. The number of anilines is 1. The van der Waals surface area contributed by atoms with Gasteiger partial charge in [-0.2, -0.15) is 5.26 Å². The van der Waals surface area contributed by atoms with Gasteiger partial charge in [-0.15, -0.1) is 0 Å². The quantitative estimate of drug-likeness (QED) is 0.834. The number of likely N-dealkylation sites (N-methyl/N-ethyl adjacent to an activating group) is 1. The van der Waals surface area contributed by atoms with Crippen molar-refractivity contribution >= 4 is 5.69 Å². The number of nitrogens with zero attached hydrogens (tertiary/aromatic N) is 3. The molecule has 1 aromatic rings. The van der Waals surface area contributed by atoms with E-state index in [1.54, 1.807) is 6.07 Å². The molecule has 1 aromatic carbocycles. The van der Waals surface area contributed by atoms with Crippen LogP contribution in [0.4, 0.5) is 10.1 Å². The van der Waals surface area contributed by atoms with Crippen molar-refractivity contribution in [3.63, 3.8) is 0 Å². The van der Waals surface area contributed by atoms with Crippen LogP contribution in [0.1, 0.15) is 25.8 Å². The molecule has 0 N–H and O–H groups in total. The van der Waals surface area contributed by atoms with Crippen molar-refractivity contribution in [2.75, 3.05) is 31.1 Å². The molecule has 0 aromatic heterocycles. The van der Waals surface area contributed by atoms with Crippen molar-refractivity contribution in [2.45, 2.75) is 26.3 Å². The minimum Gasteiger partial charge on any atom is -0.369 e. The number of nitriles is 1. The Morgan fingerprint density at radius 2 is 2.16 bits per heavy atom. The molecule has 0 aliphatic carbocycles. The zero-order valence-electron chi connectivity index (χ0n) is 11.6. The summed E-state index contributed by atoms with van der Waals surface area (Å²) < 4.78 is 13.6. The lowest BCUT2D eigenvalue weighted by atomic mass is 10.1. The van der Waals surface area contributed by atoms with Gasteiger partial charge in [-0.3, -0.25) is 4.90 Å². The van der Waals surface area contributed by atoms with E-state index in [4.69, 9.17) is 5.26 Å². The fourth-order valence-electron chi connectivity index (χ4n) is 2.89. The van der Waals surface area contributed by atoms with E-state index >= 15 is 0 Å². The van der Waals surface area contributed by atoms with E-state index in [-0.39, 0.29) is 5.56 Å². The Kier molecular flexibility index (Phi) is 4.39. The topological polar surface area (TPSA) is 30.3 Å². The van der Waals surface area contributed by atoms with Crippen molar-refractivity contribution in [3.8, 4) is 6.07 Å². The highest BCUT2D eigenvalue weighted by atomic mass is 19.1. The highest BCUT2D eigenvalue weighted by Gasteiger charge is 2.28. The molecule has 3 nitrogen and oxygen atoms in total. The predicted octanol–water partition coefficient (Wildman–Crippen LogP) is 2.62. The van der Waals surface area contributed by atoms with Crippen molar-refractivity contribution < 1.29 is 4.39 Å². The fourth-order valence-corrected chi connectivity index (χ4v) is 2.89. The molecular weight excluding hydrogens is 241 g/mol. The molecule has 1 fully saturated rings. The second-order valence-electron chi connectivity index (χ2n) is 4.86. The van der Waals surface area contributed by atoms with Crippen LogP contribution in [0.2, 0.25) is 0 Å². The van der Waals surface area contributed by atoms with Gasteiger partial charge in [0.15, 0.2) is 0 Å². The first-order chi connectivity index (χ1) is 9.21. The molecule has 2 rings (SSSR count). The van der Waals surface area contributed by atoms with Crippen molar-refractivity contribution in [3.05, 3.63) is 29.6 Å². The molecule has 0 saturated carbocycles. The number of benzene rings is 1. The summed E-state index contributed by atoms with van der Waals surface area (Å²) in [6, 6.07) is 7.35. The minimum atomic E-state index is -0.425. The SMILES string of the molecule is CCN(CC)C1CCN(c2cccc(F)c2C#N)C1. The van der Waals surface area contributed by atoms with Crippen LogP contribution >= 0.6 is 0 Å². The van der Waals surface area contributed by atoms with E-state index in [0.29, 0.717) is 6.04 Å². The van der Waals surface area contributed by atoms with E-state index in [1.165, 1.54) is 6.07 Å². The second-order valence-corrected chi connectivity index (χ2v) is 4.86. The average molecular weight is 261 g/mol. The first-order valence-corrected chi connectivity index (χ1v) is 6.88. The number of rotatable bonds is 4. The zero-order chi connectivity index (χ0) is 13.8. The Labute approximate surface area is 114 Å². The minimum absolute atomic E-state index is 0.169. The lowest BCUT2D eigenvalue weighted by molar-refractivity contribution is 0.232. The molecule has 1 heterocycles. The molecule has 1 saturated heterocycles. The summed E-state index contributed by atoms with van der Waals surface area (Å²) >= 11 is 0. The molecular formula is C15H20FN3. The third-order valence-electron chi connectivity index (χ3n) is 3.94. The van der Waals surface area contributed by atoms with Gasteiger partial charge in [-0.05, 0) is 31.6 Å². The van der Waals surface area contributed by atoms with E-state index in [2.05, 4.69) is 23.6 Å². The van der Waals surface area contributed by atoms with Gasteiger partial charge in [0.25, 0.3) is 0 Å². The Balaban J connectivity index is 2.18. The van der Waals surface area contributed by atoms with Crippen molar-refractivity contribution in [1.82, 2.24) is 4.90 Å². The molecule has 19 heavy (non-hydrogen) atoms. The summed E-state index contributed by atoms with van der Waals surface area (Å²) in [5, 5.41) is 9.10. The smallest absolute Gasteiger partial charge is 0.143 e. The summed E-state index contributed by atoms with van der Waals surface area (Å²) in [5.41, 5.74) is 0.903. The summed E-state index contributed by atoms with van der Waals surface area (Å²) in [7, 11) is 0. The lowest BCUT2D eigenvalue weighted by Crippen LogP contribution is -2.37. The van der Waals surface area contributed by atoms with Gasteiger partial charge in [0, 0.05) is 19.1 Å². The van der Waals surface area contributed by atoms with Crippen LogP contribution in [-0.2, 0) is 0 Å². The first-order valence-electron chi connectivity index (χ1n) is 6.88. The highest BCUT2D eigenvalue weighted by Crippen LogP contribution is 2.27. The molecule has 0 spiro atoms. The highest BCUT2D eigenvalue weighted by molar-refractivity contribution is 5.60. The molecule has 1 aliphatic heterocycles. The van der Waals surface area contributed by atoms with Crippen LogP contribution in [0, 0.1) is 17.1 Å². The zero-order valence-corrected chi connectivity index (χ0v) is 11.6. The van der Waals surface area contributed by atoms with Gasteiger partial charge >= 0.3 is 0 Å². The van der Waals surface area contributed by atoms with E-state index < -0.39 is 5.82 Å². The third kappa shape index (κ3) is 2.71. The Hall–Kier alpha value is -1.60. The summed E-state index contributed by atoms with van der Waals surface area (Å²) in [6.07, 6.45) is 1.07. The second kappa shape index (κ2) is 6.03. The summed E-state index contributed by atoms with van der Waals surface area (Å²) in [4.78, 5) is 4.55. The Morgan fingerprint density at radius 1 is 1.42 bits per heavy atom. The van der Waals surface area contributed by atoms with E-state index in [0.717, 1.165) is 38.3 Å². The van der Waals surface area contributed by atoms with Gasteiger partial charge in [0.05, 0.1) is 5.69 Å². The molecule has 0 radical (unpaired) electrons. The Morgan fingerprint density at radius 3 is 2.79 bits per heavy atom. The summed E-state index contributed by atoms with van der Waals surface area (Å²) in [6.45, 7) is 8.15. The normalized spacial score (nSPS) is 18.9. The fraction of sp³-hybridized carbons (Fsp3) is 0.533. The van der Waals surface area contributed by atoms with Crippen LogP contribution in [0.15, 0.2) is 18.2 Å². The van der Waals surface area contributed by atoms with Crippen LogP contribution in [0.3, 0.4) is 0 Å². The van der Waals surface area contributed by atoms with Crippen LogP contribution in [0.25, 0.3) is 0 Å². The third-order valence-corrected chi connectivity index (χ3v) is 3.94. The van der Waals surface area contributed by atoms with Crippen molar-refractivity contribution in [2.24, 2.45) is 0 Å². The molecule has 1 aliphatic rings. The molecule has 1 atom stereocenters. The van der Waals surface area contributed by atoms with Crippen molar-refractivity contribution in [1.29, 1.82) is 5.26 Å². The van der Waals surface area contributed by atoms with Gasteiger partial charge < -0.3 is 4.90 Å². The Bertz CT molecular complexity index is 477. The average Bonchev–Trinajstić information content (AvgIpc) is 2.89. The van der Waals surface area contributed by atoms with Crippen LogP contribution in [-0.4, -0.2) is 37.1 Å². The maximum atomic E-state index is 13.6. The monoisotopic (exact) mass is 261 g/mol. The van der Waals surface area contributed by atoms with Crippen LogP contribution in [0.5, 0.6) is 0 Å². The molecule has 0 amide bonds. The molecule has 4 heteroatoms. The number of halogens is 1. The molecule has 1 unspecified atom stereocenters. The number of hydrogen-bond donors (Lipinski definition) is 0. The maximum Gasteiger partial charge on any atom is 0.143 e. The van der Waals surface area contributed by atoms with E-state index in [9.17, 15) is 4.39 Å².